The molecule has 0 unspecified atom stereocenters. The van der Waals surface area contributed by atoms with Crippen LogP contribution in [0.4, 0.5) is 0 Å². The number of halogens is 2. The molecule has 0 saturated heterocycles. The van der Waals surface area contributed by atoms with E-state index in [9.17, 15) is 4.79 Å². The average molecular weight is 335 g/mol. The van der Waals surface area contributed by atoms with E-state index in [4.69, 9.17) is 14.7 Å². The zero-order chi connectivity index (χ0) is 10.7. The predicted octanol–water partition coefficient (Wildman–Crippen LogP) is 3.04. The van der Waals surface area contributed by atoms with E-state index >= 15 is 0 Å². The van der Waals surface area contributed by atoms with Crippen molar-refractivity contribution in [2.45, 2.75) is 6.42 Å². The van der Waals surface area contributed by atoms with Crippen LogP contribution in [0.5, 0.6) is 0 Å². The van der Waals surface area contributed by atoms with E-state index < -0.39 is 20.2 Å². The fourth-order valence-electron chi connectivity index (χ4n) is 1.15. The SMILES string of the molecule is O=C1OI(C#CCCCl)c2ccccc21. The normalized spacial score (nSPS) is 15.3. The molecular formula is C11H8ClIO2. The zero-order valence-corrected chi connectivity index (χ0v) is 10.7. The molecule has 0 atom stereocenters. The van der Waals surface area contributed by atoms with E-state index in [1.807, 2.05) is 18.2 Å². The van der Waals surface area contributed by atoms with Gasteiger partial charge >= 0.3 is 101 Å². The number of alkyl halides is 1. The summed E-state index contributed by atoms with van der Waals surface area (Å²) < 4.78 is 9.34. The fourth-order valence-corrected chi connectivity index (χ4v) is 4.60. The van der Waals surface area contributed by atoms with Crippen molar-refractivity contribution in [1.29, 1.82) is 0 Å². The number of hydrogen-bond donors (Lipinski definition) is 0. The summed E-state index contributed by atoms with van der Waals surface area (Å²) in [5.74, 6) is 3.24. The Hall–Kier alpha value is -0.730. The van der Waals surface area contributed by atoms with E-state index in [-0.39, 0.29) is 5.97 Å². The van der Waals surface area contributed by atoms with E-state index in [1.54, 1.807) is 6.07 Å². The Morgan fingerprint density at radius 3 is 3.00 bits per heavy atom. The van der Waals surface area contributed by atoms with Crippen LogP contribution in [0.15, 0.2) is 24.3 Å². The van der Waals surface area contributed by atoms with Crippen LogP contribution in [0.1, 0.15) is 16.8 Å². The Bertz CT molecular complexity index is 447. The quantitative estimate of drug-likeness (QED) is 0.448. The van der Waals surface area contributed by atoms with Gasteiger partial charge in [-0.05, 0) is 0 Å². The first-order valence-corrected chi connectivity index (χ1v) is 7.96. The molecule has 0 radical (unpaired) electrons. The van der Waals surface area contributed by atoms with Crippen molar-refractivity contribution in [2.75, 3.05) is 5.88 Å². The maximum absolute atomic E-state index is 11.4. The number of carbonyl (C=O) groups is 1. The Labute approximate surface area is 101 Å². The summed E-state index contributed by atoms with van der Waals surface area (Å²) in [6.07, 6.45) is 0.648. The number of carbonyl (C=O) groups excluding carboxylic acids is 1. The summed E-state index contributed by atoms with van der Waals surface area (Å²) in [5.41, 5.74) is 0.683. The molecule has 1 aliphatic heterocycles. The molecule has 0 aromatic heterocycles. The molecule has 0 N–H and O–H groups in total. The summed E-state index contributed by atoms with van der Waals surface area (Å²) >= 11 is 3.50. The van der Waals surface area contributed by atoms with Crippen molar-refractivity contribution in [3.63, 3.8) is 0 Å². The van der Waals surface area contributed by atoms with Crippen LogP contribution in [-0.2, 0) is 3.07 Å². The minimum absolute atomic E-state index is 0.226. The van der Waals surface area contributed by atoms with Gasteiger partial charge in [0.05, 0.1) is 0 Å². The molecule has 4 heteroatoms. The van der Waals surface area contributed by atoms with Crippen LogP contribution in [-0.4, -0.2) is 11.8 Å². The van der Waals surface area contributed by atoms with Gasteiger partial charge in [-0.2, -0.15) is 0 Å². The van der Waals surface area contributed by atoms with Crippen molar-refractivity contribution >= 4 is 37.8 Å². The molecule has 1 aliphatic rings. The van der Waals surface area contributed by atoms with Crippen LogP contribution >= 0.6 is 31.8 Å². The molecule has 0 spiro atoms. The van der Waals surface area contributed by atoms with E-state index in [0.29, 0.717) is 17.9 Å². The first-order valence-electron chi connectivity index (χ1n) is 4.39. The van der Waals surface area contributed by atoms with Crippen molar-refractivity contribution in [3.8, 4) is 9.85 Å². The van der Waals surface area contributed by atoms with Crippen molar-refractivity contribution in [1.82, 2.24) is 0 Å². The predicted molar refractivity (Wildman–Crippen MR) is 67.7 cm³/mol. The molecule has 0 fully saturated rings. The second-order valence-corrected chi connectivity index (χ2v) is 6.74. The molecule has 1 heterocycles. The summed E-state index contributed by atoms with van der Waals surface area (Å²) in [5, 5.41) is 0. The molecule has 2 rings (SSSR count). The zero-order valence-electron chi connectivity index (χ0n) is 7.80. The third-order valence-electron chi connectivity index (χ3n) is 1.80. The van der Waals surface area contributed by atoms with Gasteiger partial charge < -0.3 is 0 Å². The number of hydrogen-bond acceptors (Lipinski definition) is 2. The molecule has 0 saturated carbocycles. The molecule has 0 aliphatic carbocycles. The third-order valence-corrected chi connectivity index (χ3v) is 5.69. The number of fused-ring (bicyclic) bond motifs is 1. The minimum atomic E-state index is -2.02. The van der Waals surface area contributed by atoms with Crippen LogP contribution in [0.2, 0.25) is 0 Å². The van der Waals surface area contributed by atoms with Crippen LogP contribution in [0, 0.1) is 13.4 Å². The van der Waals surface area contributed by atoms with E-state index in [1.165, 1.54) is 0 Å². The van der Waals surface area contributed by atoms with Gasteiger partial charge in [-0.15, -0.1) is 0 Å². The first-order chi connectivity index (χ1) is 7.33. The van der Waals surface area contributed by atoms with E-state index in [2.05, 4.69) is 9.85 Å². The van der Waals surface area contributed by atoms with Gasteiger partial charge in [0.25, 0.3) is 0 Å². The van der Waals surface area contributed by atoms with Gasteiger partial charge in [-0.1, -0.05) is 0 Å². The molecule has 0 bridgehead atoms. The maximum atomic E-state index is 11.4. The van der Waals surface area contributed by atoms with Crippen molar-refractivity contribution in [3.05, 3.63) is 33.4 Å². The van der Waals surface area contributed by atoms with Gasteiger partial charge in [0.1, 0.15) is 0 Å². The third kappa shape index (κ3) is 2.27. The Kier molecular flexibility index (Phi) is 3.49. The monoisotopic (exact) mass is 334 g/mol. The van der Waals surface area contributed by atoms with Crippen LogP contribution in [0.25, 0.3) is 0 Å². The van der Waals surface area contributed by atoms with Crippen LogP contribution < -0.4 is 0 Å². The summed E-state index contributed by atoms with van der Waals surface area (Å²) in [6, 6.07) is 7.47. The van der Waals surface area contributed by atoms with E-state index in [0.717, 1.165) is 3.57 Å². The molecular weight excluding hydrogens is 326 g/mol. The van der Waals surface area contributed by atoms with Gasteiger partial charge in [-0.25, -0.2) is 0 Å². The number of benzene rings is 1. The van der Waals surface area contributed by atoms with Gasteiger partial charge in [-0.3, -0.25) is 0 Å². The standard InChI is InChI=1S/C11H8ClIO2/c12-7-3-4-8-13-10-6-2-1-5-9(10)11(14)15-13/h1-2,5-6H,3,7H2. The Balaban J connectivity index is 2.26. The average Bonchev–Trinajstić information content (AvgIpc) is 2.58. The molecule has 1 aromatic rings. The molecule has 2 nitrogen and oxygen atoms in total. The molecule has 0 amide bonds. The first kappa shape index (κ1) is 10.8. The second kappa shape index (κ2) is 4.86. The van der Waals surface area contributed by atoms with Gasteiger partial charge in [0.15, 0.2) is 0 Å². The Morgan fingerprint density at radius 1 is 1.40 bits per heavy atom. The summed E-state index contributed by atoms with van der Waals surface area (Å²) in [4.78, 5) is 11.4. The van der Waals surface area contributed by atoms with Gasteiger partial charge in [0, 0.05) is 0 Å². The fraction of sp³-hybridized carbons (Fsp3) is 0.182. The topological polar surface area (TPSA) is 26.3 Å². The van der Waals surface area contributed by atoms with Crippen molar-refractivity contribution in [2.24, 2.45) is 0 Å². The van der Waals surface area contributed by atoms with Crippen LogP contribution in [0.3, 0.4) is 0 Å². The molecule has 78 valence electrons. The second-order valence-electron chi connectivity index (χ2n) is 2.80. The van der Waals surface area contributed by atoms with Gasteiger partial charge in [0.2, 0.25) is 0 Å². The van der Waals surface area contributed by atoms with Crippen molar-refractivity contribution < 1.29 is 7.86 Å². The molecule has 1 aromatic carbocycles. The Morgan fingerprint density at radius 2 is 2.20 bits per heavy atom. The summed E-state index contributed by atoms with van der Waals surface area (Å²) in [7, 11) is 0. The summed E-state index contributed by atoms with van der Waals surface area (Å²) in [6.45, 7) is 0. The molecule has 15 heavy (non-hydrogen) atoms. The number of rotatable bonds is 1.